The van der Waals surface area contributed by atoms with Gasteiger partial charge in [0.15, 0.2) is 0 Å². The van der Waals surface area contributed by atoms with Crippen molar-refractivity contribution in [3.05, 3.63) is 0 Å². The Morgan fingerprint density at radius 1 is 1.45 bits per heavy atom. The first-order valence-corrected chi connectivity index (χ1v) is 4.26. The van der Waals surface area contributed by atoms with E-state index in [4.69, 9.17) is 4.74 Å². The lowest BCUT2D eigenvalue weighted by Crippen LogP contribution is -2.06. The summed E-state index contributed by atoms with van der Waals surface area (Å²) in [6, 6.07) is 0. The predicted octanol–water partition coefficient (Wildman–Crippen LogP) is 2.03. The summed E-state index contributed by atoms with van der Waals surface area (Å²) in [4.78, 5) is 11.0. The molecule has 11 heavy (non-hydrogen) atoms. The van der Waals surface area contributed by atoms with E-state index in [0.717, 1.165) is 0 Å². The van der Waals surface area contributed by atoms with Gasteiger partial charge in [0.05, 0.1) is 6.61 Å². The van der Waals surface area contributed by atoms with E-state index in [9.17, 15) is 4.79 Å². The normalized spacial score (nSPS) is 10.5. The summed E-state index contributed by atoms with van der Waals surface area (Å²) in [6.07, 6.45) is 1.26. The molecule has 0 N–H and O–H groups in total. The van der Waals surface area contributed by atoms with Crippen molar-refractivity contribution in [1.29, 1.82) is 0 Å². The van der Waals surface area contributed by atoms with Gasteiger partial charge >= 0.3 is 0 Å². The summed E-state index contributed by atoms with van der Waals surface area (Å²) in [5.41, 5.74) is 0. The lowest BCUT2D eigenvalue weighted by Gasteiger charge is -2.03. The summed E-state index contributed by atoms with van der Waals surface area (Å²) < 4.78 is 5.06. The molecular weight excluding hydrogens is 140 g/mol. The molecule has 0 bridgehead atoms. The van der Waals surface area contributed by atoms with Crippen molar-refractivity contribution in [1.82, 2.24) is 0 Å². The van der Waals surface area contributed by atoms with E-state index in [1.54, 1.807) is 0 Å². The number of hydrogen-bond donors (Lipinski definition) is 0. The van der Waals surface area contributed by atoms with Crippen molar-refractivity contribution >= 4 is 5.78 Å². The van der Waals surface area contributed by atoms with E-state index in [1.807, 2.05) is 6.92 Å². The van der Waals surface area contributed by atoms with Gasteiger partial charge in [-0.25, -0.2) is 0 Å². The van der Waals surface area contributed by atoms with Gasteiger partial charge in [-0.3, -0.25) is 4.79 Å². The first-order valence-electron chi connectivity index (χ1n) is 4.26. The zero-order chi connectivity index (χ0) is 8.69. The van der Waals surface area contributed by atoms with Gasteiger partial charge in [-0.1, -0.05) is 13.8 Å². The van der Waals surface area contributed by atoms with Gasteiger partial charge in [0.2, 0.25) is 0 Å². The molecule has 0 saturated carbocycles. The van der Waals surface area contributed by atoms with Crippen molar-refractivity contribution in [2.24, 2.45) is 5.92 Å². The summed E-state index contributed by atoms with van der Waals surface area (Å²) in [5.74, 6) is 0.789. The SMILES string of the molecule is CCOCCC(=O)CC(C)C. The molecule has 0 fully saturated rings. The Bertz CT molecular complexity index is 108. The van der Waals surface area contributed by atoms with Crippen molar-refractivity contribution in [3.63, 3.8) is 0 Å². The maximum atomic E-state index is 11.0. The van der Waals surface area contributed by atoms with Crippen LogP contribution in [0.3, 0.4) is 0 Å². The topological polar surface area (TPSA) is 26.3 Å². The van der Waals surface area contributed by atoms with Gasteiger partial charge in [-0.15, -0.1) is 0 Å². The summed E-state index contributed by atoms with van der Waals surface area (Å²) in [6.45, 7) is 7.33. The molecule has 0 aromatic rings. The summed E-state index contributed by atoms with van der Waals surface area (Å²) in [5, 5.41) is 0. The second-order valence-electron chi connectivity index (χ2n) is 3.08. The Labute approximate surface area is 68.9 Å². The number of ether oxygens (including phenoxy) is 1. The van der Waals surface area contributed by atoms with Crippen LogP contribution in [0.2, 0.25) is 0 Å². The van der Waals surface area contributed by atoms with E-state index in [1.165, 1.54) is 0 Å². The molecule has 0 aliphatic heterocycles. The van der Waals surface area contributed by atoms with Gasteiger partial charge in [0, 0.05) is 19.4 Å². The number of carbonyl (C=O) groups excluding carboxylic acids is 1. The third-order valence-electron chi connectivity index (χ3n) is 1.37. The maximum Gasteiger partial charge on any atom is 0.135 e. The number of hydrogen-bond acceptors (Lipinski definition) is 2. The minimum Gasteiger partial charge on any atom is -0.381 e. The third-order valence-corrected chi connectivity index (χ3v) is 1.37. The van der Waals surface area contributed by atoms with E-state index in [2.05, 4.69) is 13.8 Å². The second kappa shape index (κ2) is 6.35. The lowest BCUT2D eigenvalue weighted by atomic mass is 10.1. The van der Waals surface area contributed by atoms with Gasteiger partial charge in [0.25, 0.3) is 0 Å². The van der Waals surface area contributed by atoms with Crippen LogP contribution in [0.15, 0.2) is 0 Å². The lowest BCUT2D eigenvalue weighted by molar-refractivity contribution is -0.120. The molecule has 2 nitrogen and oxygen atoms in total. The highest BCUT2D eigenvalue weighted by Crippen LogP contribution is 2.02. The Hall–Kier alpha value is -0.370. The molecule has 66 valence electrons. The Balaban J connectivity index is 3.23. The van der Waals surface area contributed by atoms with Crippen LogP contribution in [0.5, 0.6) is 0 Å². The minimum absolute atomic E-state index is 0.313. The monoisotopic (exact) mass is 158 g/mol. The second-order valence-corrected chi connectivity index (χ2v) is 3.08. The number of rotatable bonds is 6. The first kappa shape index (κ1) is 10.6. The highest BCUT2D eigenvalue weighted by Gasteiger charge is 2.03. The van der Waals surface area contributed by atoms with Gasteiger partial charge in [-0.2, -0.15) is 0 Å². The van der Waals surface area contributed by atoms with Gasteiger partial charge in [-0.05, 0) is 12.8 Å². The fourth-order valence-electron chi connectivity index (χ4n) is 0.888. The highest BCUT2D eigenvalue weighted by molar-refractivity contribution is 5.78. The van der Waals surface area contributed by atoms with Crippen LogP contribution in [0.25, 0.3) is 0 Å². The zero-order valence-corrected chi connectivity index (χ0v) is 7.72. The minimum atomic E-state index is 0.313. The first-order chi connectivity index (χ1) is 5.16. The van der Waals surface area contributed by atoms with E-state index in [-0.39, 0.29) is 0 Å². The van der Waals surface area contributed by atoms with Crippen molar-refractivity contribution < 1.29 is 9.53 Å². The van der Waals surface area contributed by atoms with Crippen LogP contribution in [-0.2, 0) is 9.53 Å². The zero-order valence-electron chi connectivity index (χ0n) is 7.72. The van der Waals surface area contributed by atoms with Crippen LogP contribution in [0, 0.1) is 5.92 Å². The molecule has 0 atom stereocenters. The maximum absolute atomic E-state index is 11.0. The Morgan fingerprint density at radius 3 is 2.55 bits per heavy atom. The van der Waals surface area contributed by atoms with Crippen LogP contribution in [-0.4, -0.2) is 19.0 Å². The number of carbonyl (C=O) groups is 1. The fourth-order valence-corrected chi connectivity index (χ4v) is 0.888. The van der Waals surface area contributed by atoms with Crippen molar-refractivity contribution in [2.45, 2.75) is 33.6 Å². The molecule has 0 spiro atoms. The van der Waals surface area contributed by atoms with E-state index in [0.29, 0.717) is 37.8 Å². The molecule has 0 unspecified atom stereocenters. The van der Waals surface area contributed by atoms with E-state index < -0.39 is 0 Å². The molecule has 0 radical (unpaired) electrons. The summed E-state index contributed by atoms with van der Waals surface area (Å²) >= 11 is 0. The average molecular weight is 158 g/mol. The molecule has 2 heteroatoms. The smallest absolute Gasteiger partial charge is 0.135 e. The van der Waals surface area contributed by atoms with E-state index >= 15 is 0 Å². The molecule has 0 rings (SSSR count). The highest BCUT2D eigenvalue weighted by atomic mass is 16.5. The van der Waals surface area contributed by atoms with Gasteiger partial charge < -0.3 is 4.74 Å². The molecule has 0 heterocycles. The molecule has 0 aliphatic rings. The predicted molar refractivity (Wildman–Crippen MR) is 45.6 cm³/mol. The molecule has 0 aromatic heterocycles. The largest absolute Gasteiger partial charge is 0.381 e. The number of ketones is 1. The van der Waals surface area contributed by atoms with Crippen LogP contribution >= 0.6 is 0 Å². The van der Waals surface area contributed by atoms with Crippen molar-refractivity contribution in [2.75, 3.05) is 13.2 Å². The summed E-state index contributed by atoms with van der Waals surface area (Å²) in [7, 11) is 0. The molecule has 0 saturated heterocycles. The van der Waals surface area contributed by atoms with Crippen LogP contribution in [0.4, 0.5) is 0 Å². The quantitative estimate of drug-likeness (QED) is 0.553. The standard InChI is InChI=1S/C9H18O2/c1-4-11-6-5-9(10)7-8(2)3/h8H,4-7H2,1-3H3. The molecule has 0 aromatic carbocycles. The Morgan fingerprint density at radius 2 is 2.09 bits per heavy atom. The number of Topliss-reactive ketones (excluding diaryl/α,β-unsaturated/α-hetero) is 1. The fraction of sp³-hybridized carbons (Fsp3) is 0.889. The molecule has 0 aliphatic carbocycles. The third kappa shape index (κ3) is 7.53. The van der Waals surface area contributed by atoms with Crippen LogP contribution in [0.1, 0.15) is 33.6 Å². The van der Waals surface area contributed by atoms with Crippen molar-refractivity contribution in [3.8, 4) is 0 Å². The Kier molecular flexibility index (Phi) is 6.13. The van der Waals surface area contributed by atoms with Gasteiger partial charge in [0.1, 0.15) is 5.78 Å². The molecule has 0 amide bonds. The van der Waals surface area contributed by atoms with Crippen LogP contribution < -0.4 is 0 Å². The average Bonchev–Trinajstić information content (AvgIpc) is 1.86. The molecular formula is C9H18O2.